The highest BCUT2D eigenvalue weighted by atomic mass is 32.2. The molecule has 36 heavy (non-hydrogen) atoms. The molecule has 0 spiro atoms. The molecule has 3 N–H and O–H groups in total. The number of carbonyl (C=O) groups excluding carboxylic acids is 1. The van der Waals surface area contributed by atoms with E-state index < -0.39 is 15.7 Å². The highest BCUT2D eigenvalue weighted by Crippen LogP contribution is 2.39. The number of primary amides is 1. The monoisotopic (exact) mass is 501 g/mol. The van der Waals surface area contributed by atoms with Crippen LogP contribution >= 0.6 is 0 Å². The summed E-state index contributed by atoms with van der Waals surface area (Å²) >= 11 is 0. The van der Waals surface area contributed by atoms with Crippen LogP contribution in [0.4, 0.5) is 0 Å². The minimum absolute atomic E-state index is 0.165. The van der Waals surface area contributed by atoms with E-state index in [1.54, 1.807) is 55.0 Å². The van der Waals surface area contributed by atoms with Gasteiger partial charge in [-0.1, -0.05) is 12.1 Å². The maximum atomic E-state index is 11.9. The lowest BCUT2D eigenvalue weighted by Gasteiger charge is -2.14. The summed E-state index contributed by atoms with van der Waals surface area (Å²) in [5, 5.41) is 0. The smallest absolute Gasteiger partial charge is 0.252 e. The van der Waals surface area contributed by atoms with Crippen molar-refractivity contribution < 1.29 is 22.7 Å². The standard InChI is InChI=1S/C25H19N5O5S/c1-36(32,33)16-8-6-15(7-9-16)34-22-12-18-19(30-25(29-18)20-14-27-10-11-28-20)13-23(22)35-21-5-3-2-4-17(21)24(26)31/h2-14H,1H3,(H2,26,31)(H,29,30). The second-order valence-electron chi connectivity index (χ2n) is 7.80. The van der Waals surface area contributed by atoms with Gasteiger partial charge >= 0.3 is 0 Å². The number of rotatable bonds is 7. The SMILES string of the molecule is CS(=O)(=O)c1ccc(Oc2cc3nc(-c4cnccn4)[nH]c3cc2Oc2ccccc2C(N)=O)cc1. The first-order valence-corrected chi connectivity index (χ1v) is 12.5. The minimum atomic E-state index is -3.36. The van der Waals surface area contributed by atoms with E-state index in [-0.39, 0.29) is 27.7 Å². The molecule has 0 bridgehead atoms. The molecule has 11 heteroatoms. The number of benzene rings is 3. The Morgan fingerprint density at radius 1 is 0.944 bits per heavy atom. The van der Waals surface area contributed by atoms with Crippen molar-refractivity contribution in [3.05, 3.63) is 84.8 Å². The Bertz CT molecular complexity index is 1680. The highest BCUT2D eigenvalue weighted by Gasteiger charge is 2.17. The molecule has 0 aliphatic heterocycles. The molecule has 3 aromatic carbocycles. The average Bonchev–Trinajstić information content (AvgIpc) is 3.27. The van der Waals surface area contributed by atoms with Gasteiger partial charge in [0.25, 0.3) is 5.91 Å². The van der Waals surface area contributed by atoms with Gasteiger partial charge in [0, 0.05) is 30.8 Å². The van der Waals surface area contributed by atoms with Gasteiger partial charge in [0.1, 0.15) is 17.2 Å². The molecule has 180 valence electrons. The van der Waals surface area contributed by atoms with Crippen LogP contribution in [-0.2, 0) is 9.84 Å². The van der Waals surface area contributed by atoms with E-state index in [0.29, 0.717) is 28.3 Å². The number of nitrogens with two attached hydrogens (primary N) is 1. The number of aromatic nitrogens is 4. The molecular formula is C25H19N5O5S. The number of para-hydroxylation sites is 1. The Kier molecular flexibility index (Phi) is 5.82. The van der Waals surface area contributed by atoms with Crippen molar-refractivity contribution in [3.8, 4) is 34.5 Å². The minimum Gasteiger partial charge on any atom is -0.453 e. The van der Waals surface area contributed by atoms with Crippen molar-refractivity contribution in [1.82, 2.24) is 19.9 Å². The second-order valence-corrected chi connectivity index (χ2v) is 9.82. The van der Waals surface area contributed by atoms with Crippen LogP contribution in [0.3, 0.4) is 0 Å². The molecule has 0 saturated heterocycles. The van der Waals surface area contributed by atoms with Crippen molar-refractivity contribution >= 4 is 26.8 Å². The molecule has 0 fully saturated rings. The summed E-state index contributed by atoms with van der Waals surface area (Å²) in [6.45, 7) is 0. The number of hydrogen-bond donors (Lipinski definition) is 2. The fraction of sp³-hybridized carbons (Fsp3) is 0.0400. The molecule has 2 aromatic heterocycles. The van der Waals surface area contributed by atoms with Gasteiger partial charge in [-0.15, -0.1) is 0 Å². The summed E-state index contributed by atoms with van der Waals surface area (Å²) < 4.78 is 35.7. The molecule has 10 nitrogen and oxygen atoms in total. The van der Waals surface area contributed by atoms with Gasteiger partial charge in [0.05, 0.1) is 27.7 Å². The van der Waals surface area contributed by atoms with Crippen LogP contribution in [0.15, 0.2) is 84.1 Å². The Balaban J connectivity index is 1.59. The maximum absolute atomic E-state index is 11.9. The Morgan fingerprint density at radius 3 is 2.39 bits per heavy atom. The quantitative estimate of drug-likeness (QED) is 0.338. The summed E-state index contributed by atoms with van der Waals surface area (Å²) in [5.41, 5.74) is 7.45. The number of hydrogen-bond acceptors (Lipinski definition) is 8. The molecule has 0 atom stereocenters. The third kappa shape index (κ3) is 4.72. The topological polar surface area (TPSA) is 150 Å². The van der Waals surface area contributed by atoms with Crippen LogP contribution in [0.1, 0.15) is 10.4 Å². The molecule has 1 amide bonds. The van der Waals surface area contributed by atoms with Gasteiger partial charge in [0.2, 0.25) is 0 Å². The molecule has 0 radical (unpaired) electrons. The van der Waals surface area contributed by atoms with E-state index in [0.717, 1.165) is 6.26 Å². The molecule has 5 rings (SSSR count). The summed E-state index contributed by atoms with van der Waals surface area (Å²) in [6, 6.07) is 15.9. The number of ether oxygens (including phenoxy) is 2. The first-order chi connectivity index (χ1) is 17.3. The van der Waals surface area contributed by atoms with E-state index in [1.807, 2.05) is 0 Å². The number of carbonyl (C=O) groups is 1. The van der Waals surface area contributed by atoms with E-state index in [9.17, 15) is 13.2 Å². The summed E-state index contributed by atoms with van der Waals surface area (Å²) in [6.07, 6.45) is 5.84. The lowest BCUT2D eigenvalue weighted by molar-refractivity contribution is 0.0998. The molecular weight excluding hydrogens is 482 g/mol. The molecule has 0 aliphatic carbocycles. The highest BCUT2D eigenvalue weighted by molar-refractivity contribution is 7.90. The number of nitrogens with one attached hydrogen (secondary N) is 1. The molecule has 5 aromatic rings. The first kappa shape index (κ1) is 23.0. The third-order valence-electron chi connectivity index (χ3n) is 5.21. The van der Waals surface area contributed by atoms with E-state index in [4.69, 9.17) is 15.2 Å². The van der Waals surface area contributed by atoms with Crippen LogP contribution in [0.25, 0.3) is 22.6 Å². The summed E-state index contributed by atoms with van der Waals surface area (Å²) in [7, 11) is -3.36. The van der Waals surface area contributed by atoms with Crippen molar-refractivity contribution in [2.24, 2.45) is 5.73 Å². The van der Waals surface area contributed by atoms with Crippen molar-refractivity contribution in [2.45, 2.75) is 4.90 Å². The van der Waals surface area contributed by atoms with Gasteiger partial charge in [-0.3, -0.25) is 9.78 Å². The van der Waals surface area contributed by atoms with Crippen LogP contribution in [-0.4, -0.2) is 40.5 Å². The fourth-order valence-corrected chi connectivity index (χ4v) is 4.11. The lowest BCUT2D eigenvalue weighted by atomic mass is 10.2. The zero-order valence-corrected chi connectivity index (χ0v) is 19.7. The molecule has 0 aliphatic rings. The Hall–Kier alpha value is -4.77. The summed E-state index contributed by atoms with van der Waals surface area (Å²) in [5.74, 6) is 1.03. The normalized spacial score (nSPS) is 11.4. The number of imidazole rings is 1. The van der Waals surface area contributed by atoms with Gasteiger partial charge in [0.15, 0.2) is 27.2 Å². The van der Waals surface area contributed by atoms with Gasteiger partial charge in [-0.2, -0.15) is 0 Å². The zero-order chi connectivity index (χ0) is 25.3. The van der Waals surface area contributed by atoms with Crippen LogP contribution < -0.4 is 15.2 Å². The van der Waals surface area contributed by atoms with Gasteiger partial charge in [-0.05, 0) is 36.4 Å². The van der Waals surface area contributed by atoms with E-state index >= 15 is 0 Å². The zero-order valence-electron chi connectivity index (χ0n) is 18.9. The average molecular weight is 502 g/mol. The second kappa shape index (κ2) is 9.12. The van der Waals surface area contributed by atoms with Gasteiger partial charge in [-0.25, -0.2) is 18.4 Å². The maximum Gasteiger partial charge on any atom is 0.252 e. The fourth-order valence-electron chi connectivity index (χ4n) is 3.48. The summed E-state index contributed by atoms with van der Waals surface area (Å²) in [4.78, 5) is 28.2. The van der Waals surface area contributed by atoms with E-state index in [2.05, 4.69) is 19.9 Å². The molecule has 0 unspecified atom stereocenters. The van der Waals surface area contributed by atoms with Crippen molar-refractivity contribution in [1.29, 1.82) is 0 Å². The number of aromatic amines is 1. The van der Waals surface area contributed by atoms with Crippen LogP contribution in [0.2, 0.25) is 0 Å². The third-order valence-corrected chi connectivity index (χ3v) is 6.33. The van der Waals surface area contributed by atoms with Gasteiger partial charge < -0.3 is 20.2 Å². The van der Waals surface area contributed by atoms with Crippen molar-refractivity contribution in [3.63, 3.8) is 0 Å². The molecule has 0 saturated carbocycles. The number of H-pyrrole nitrogens is 1. The largest absolute Gasteiger partial charge is 0.453 e. The van der Waals surface area contributed by atoms with Crippen molar-refractivity contribution in [2.75, 3.05) is 6.26 Å². The lowest BCUT2D eigenvalue weighted by Crippen LogP contribution is -2.12. The number of amides is 1. The predicted molar refractivity (Wildman–Crippen MR) is 132 cm³/mol. The predicted octanol–water partition coefficient (Wildman–Crippen LogP) is 4.11. The Morgan fingerprint density at radius 2 is 1.69 bits per heavy atom. The Labute approximate surface area is 205 Å². The van der Waals surface area contributed by atoms with E-state index in [1.165, 1.54) is 24.3 Å². The number of nitrogens with zero attached hydrogens (tertiary/aromatic N) is 3. The number of sulfone groups is 1. The first-order valence-electron chi connectivity index (χ1n) is 10.6. The number of fused-ring (bicyclic) bond motifs is 1. The molecule has 2 heterocycles. The van der Waals surface area contributed by atoms with Crippen LogP contribution in [0.5, 0.6) is 23.0 Å². The van der Waals surface area contributed by atoms with Crippen LogP contribution in [0, 0.1) is 0 Å².